The number of fused-ring (bicyclic) bond motifs is 6. The van der Waals surface area contributed by atoms with Crippen LogP contribution in [0.15, 0.2) is 48.5 Å². The molecule has 2 N–H and O–H groups in total. The number of hydrogen-bond donors (Lipinski definition) is 2. The standard InChI is InChI=1S/C21H19N3O2/c1-2-18(25)24-12-11-14-13-7-3-5-9-16(13)22-19(14)21(24)15-8-4-6-10-17(15)23-20(21)26/h3-10,22H,2,11-12H2,1H3,(H,23,26)/t21-/m1/s1. The molecule has 1 aromatic heterocycles. The molecule has 2 aliphatic rings. The Morgan fingerprint density at radius 3 is 2.77 bits per heavy atom. The number of aromatic amines is 1. The number of nitrogens with one attached hydrogen (secondary N) is 2. The lowest BCUT2D eigenvalue weighted by atomic mass is 9.79. The van der Waals surface area contributed by atoms with Crippen LogP contribution in [-0.2, 0) is 21.5 Å². The van der Waals surface area contributed by atoms with E-state index < -0.39 is 5.54 Å². The van der Waals surface area contributed by atoms with Gasteiger partial charge in [0.15, 0.2) is 5.54 Å². The number of H-pyrrole nitrogens is 1. The maximum Gasteiger partial charge on any atom is 0.261 e. The molecular formula is C21H19N3O2. The Morgan fingerprint density at radius 1 is 1.15 bits per heavy atom. The van der Waals surface area contributed by atoms with Crippen LogP contribution >= 0.6 is 0 Å². The molecular weight excluding hydrogens is 326 g/mol. The van der Waals surface area contributed by atoms with Gasteiger partial charge in [0.1, 0.15) is 0 Å². The number of carbonyl (C=O) groups is 2. The van der Waals surface area contributed by atoms with Gasteiger partial charge in [-0.3, -0.25) is 9.59 Å². The third-order valence-electron chi connectivity index (χ3n) is 5.66. The van der Waals surface area contributed by atoms with E-state index in [0.29, 0.717) is 13.0 Å². The molecule has 0 saturated heterocycles. The number of para-hydroxylation sites is 2. The van der Waals surface area contributed by atoms with Gasteiger partial charge in [0.2, 0.25) is 5.91 Å². The molecule has 5 heteroatoms. The number of hydrogen-bond acceptors (Lipinski definition) is 2. The van der Waals surface area contributed by atoms with Gasteiger partial charge in [0, 0.05) is 35.1 Å². The number of aromatic nitrogens is 1. The summed E-state index contributed by atoms with van der Waals surface area (Å²) in [6.45, 7) is 2.37. The highest BCUT2D eigenvalue weighted by molar-refractivity contribution is 6.11. The molecule has 3 aromatic rings. The molecule has 1 spiro atoms. The Kier molecular flexibility index (Phi) is 3.04. The van der Waals surface area contributed by atoms with Crippen molar-refractivity contribution < 1.29 is 9.59 Å². The average Bonchev–Trinajstić information content (AvgIpc) is 3.19. The summed E-state index contributed by atoms with van der Waals surface area (Å²) in [5, 5.41) is 4.13. The maximum absolute atomic E-state index is 13.4. The summed E-state index contributed by atoms with van der Waals surface area (Å²) in [7, 11) is 0. The van der Waals surface area contributed by atoms with Crippen molar-refractivity contribution in [2.45, 2.75) is 25.3 Å². The topological polar surface area (TPSA) is 65.2 Å². The first kappa shape index (κ1) is 15.2. The molecule has 2 aliphatic heterocycles. The first-order valence-corrected chi connectivity index (χ1v) is 8.99. The first-order chi connectivity index (χ1) is 12.7. The summed E-state index contributed by atoms with van der Waals surface area (Å²) in [6.07, 6.45) is 1.11. The second-order valence-electron chi connectivity index (χ2n) is 6.88. The van der Waals surface area contributed by atoms with Crippen molar-refractivity contribution >= 4 is 28.4 Å². The molecule has 0 radical (unpaired) electrons. The van der Waals surface area contributed by atoms with E-state index in [-0.39, 0.29) is 11.8 Å². The lowest BCUT2D eigenvalue weighted by Gasteiger charge is -2.43. The van der Waals surface area contributed by atoms with Crippen molar-refractivity contribution in [1.29, 1.82) is 0 Å². The minimum Gasteiger partial charge on any atom is -0.355 e. The monoisotopic (exact) mass is 345 g/mol. The van der Waals surface area contributed by atoms with Crippen molar-refractivity contribution in [1.82, 2.24) is 9.88 Å². The molecule has 0 fully saturated rings. The zero-order valence-electron chi connectivity index (χ0n) is 14.5. The Hall–Kier alpha value is -3.08. The number of rotatable bonds is 1. The Labute approximate surface area is 151 Å². The molecule has 5 rings (SSSR count). The summed E-state index contributed by atoms with van der Waals surface area (Å²) in [6, 6.07) is 15.8. The number of anilines is 1. The summed E-state index contributed by atoms with van der Waals surface area (Å²) in [5.41, 5.74) is 3.47. The van der Waals surface area contributed by atoms with Crippen molar-refractivity contribution in [3.8, 4) is 0 Å². The Bertz CT molecular complexity index is 1070. The van der Waals surface area contributed by atoms with E-state index in [0.717, 1.165) is 39.8 Å². The van der Waals surface area contributed by atoms with Gasteiger partial charge in [-0.2, -0.15) is 0 Å². The van der Waals surface area contributed by atoms with E-state index in [1.807, 2.05) is 49.4 Å². The van der Waals surface area contributed by atoms with Crippen LogP contribution in [0.5, 0.6) is 0 Å². The lowest BCUT2D eigenvalue weighted by molar-refractivity contribution is -0.143. The quantitative estimate of drug-likeness (QED) is 0.711. The molecule has 5 nitrogen and oxygen atoms in total. The molecule has 130 valence electrons. The minimum absolute atomic E-state index is 0.0128. The van der Waals surface area contributed by atoms with Crippen LogP contribution in [0, 0.1) is 0 Å². The van der Waals surface area contributed by atoms with Crippen LogP contribution in [0.3, 0.4) is 0 Å². The third kappa shape index (κ3) is 1.70. The Balaban J connectivity index is 1.88. The predicted octanol–water partition coefficient (Wildman–Crippen LogP) is 3.16. The van der Waals surface area contributed by atoms with E-state index in [2.05, 4.69) is 16.4 Å². The van der Waals surface area contributed by atoms with Crippen molar-refractivity contribution in [3.05, 3.63) is 65.4 Å². The van der Waals surface area contributed by atoms with E-state index in [1.165, 1.54) is 0 Å². The van der Waals surface area contributed by atoms with Crippen LogP contribution in [0.1, 0.15) is 30.2 Å². The number of nitrogens with zero attached hydrogens (tertiary/aromatic N) is 1. The van der Waals surface area contributed by atoms with Gasteiger partial charge in [-0.25, -0.2) is 0 Å². The predicted molar refractivity (Wildman–Crippen MR) is 99.9 cm³/mol. The van der Waals surface area contributed by atoms with Gasteiger partial charge in [-0.05, 0) is 24.1 Å². The van der Waals surface area contributed by atoms with Crippen molar-refractivity contribution in [2.24, 2.45) is 0 Å². The molecule has 2 amide bonds. The molecule has 0 unspecified atom stereocenters. The summed E-state index contributed by atoms with van der Waals surface area (Å²) >= 11 is 0. The second-order valence-corrected chi connectivity index (χ2v) is 6.88. The van der Waals surface area contributed by atoms with E-state index >= 15 is 0 Å². The van der Waals surface area contributed by atoms with Crippen LogP contribution in [0.4, 0.5) is 5.69 Å². The zero-order chi connectivity index (χ0) is 17.9. The van der Waals surface area contributed by atoms with Gasteiger partial charge in [-0.15, -0.1) is 0 Å². The smallest absolute Gasteiger partial charge is 0.261 e. The molecule has 1 atom stereocenters. The van der Waals surface area contributed by atoms with E-state index in [1.54, 1.807) is 4.90 Å². The number of benzene rings is 2. The van der Waals surface area contributed by atoms with Crippen LogP contribution in [-0.4, -0.2) is 28.2 Å². The molecule has 3 heterocycles. The fourth-order valence-electron chi connectivity index (χ4n) is 4.56. The van der Waals surface area contributed by atoms with Gasteiger partial charge < -0.3 is 15.2 Å². The molecule has 26 heavy (non-hydrogen) atoms. The minimum atomic E-state index is -1.11. The highest BCUT2D eigenvalue weighted by Gasteiger charge is 2.57. The lowest BCUT2D eigenvalue weighted by Crippen LogP contribution is -2.57. The molecule has 0 bridgehead atoms. The van der Waals surface area contributed by atoms with E-state index in [4.69, 9.17) is 0 Å². The molecule has 2 aromatic carbocycles. The van der Waals surface area contributed by atoms with Gasteiger partial charge >= 0.3 is 0 Å². The van der Waals surface area contributed by atoms with Crippen molar-refractivity contribution in [2.75, 3.05) is 11.9 Å². The van der Waals surface area contributed by atoms with Crippen LogP contribution in [0.2, 0.25) is 0 Å². The molecule has 0 aliphatic carbocycles. The maximum atomic E-state index is 13.4. The average molecular weight is 345 g/mol. The first-order valence-electron chi connectivity index (χ1n) is 8.99. The zero-order valence-corrected chi connectivity index (χ0v) is 14.5. The van der Waals surface area contributed by atoms with Gasteiger partial charge in [0.25, 0.3) is 5.91 Å². The fourth-order valence-corrected chi connectivity index (χ4v) is 4.56. The van der Waals surface area contributed by atoms with Gasteiger partial charge in [-0.1, -0.05) is 43.3 Å². The summed E-state index contributed by atoms with van der Waals surface area (Å²) in [5.74, 6) is -0.172. The normalized spacial score (nSPS) is 21.0. The summed E-state index contributed by atoms with van der Waals surface area (Å²) < 4.78 is 0. The molecule has 0 saturated carbocycles. The fraction of sp³-hybridized carbons (Fsp3) is 0.238. The highest BCUT2D eigenvalue weighted by Crippen LogP contribution is 2.49. The number of amides is 2. The summed E-state index contributed by atoms with van der Waals surface area (Å²) in [4.78, 5) is 31.4. The van der Waals surface area contributed by atoms with Gasteiger partial charge in [0.05, 0.1) is 5.69 Å². The highest BCUT2D eigenvalue weighted by atomic mass is 16.2. The third-order valence-corrected chi connectivity index (χ3v) is 5.66. The van der Waals surface area contributed by atoms with Crippen LogP contribution < -0.4 is 5.32 Å². The number of carbonyl (C=O) groups excluding carboxylic acids is 2. The van der Waals surface area contributed by atoms with Crippen LogP contribution in [0.25, 0.3) is 10.9 Å². The SMILES string of the molecule is CCC(=O)N1CCc2c([nH]c3ccccc23)[C@]12C(=O)Nc1ccccc12. The van der Waals surface area contributed by atoms with Crippen molar-refractivity contribution in [3.63, 3.8) is 0 Å². The Morgan fingerprint density at radius 2 is 1.92 bits per heavy atom. The largest absolute Gasteiger partial charge is 0.355 e. The van der Waals surface area contributed by atoms with E-state index in [9.17, 15) is 9.59 Å². The second kappa shape index (κ2) is 5.21.